The zero-order valence-corrected chi connectivity index (χ0v) is 11.7. The summed E-state index contributed by atoms with van der Waals surface area (Å²) >= 11 is 0. The van der Waals surface area contributed by atoms with Crippen molar-refractivity contribution in [3.05, 3.63) is 29.3 Å². The van der Waals surface area contributed by atoms with Gasteiger partial charge in [0.05, 0.1) is 0 Å². The Morgan fingerprint density at radius 1 is 1.32 bits per heavy atom. The van der Waals surface area contributed by atoms with Crippen molar-refractivity contribution in [2.24, 2.45) is 5.73 Å². The summed E-state index contributed by atoms with van der Waals surface area (Å²) in [4.78, 5) is -0.695. The first kappa shape index (κ1) is 16.0. The van der Waals surface area contributed by atoms with E-state index in [-0.39, 0.29) is 18.2 Å². The lowest BCUT2D eigenvalue weighted by Crippen LogP contribution is -2.37. The third-order valence-electron chi connectivity index (χ3n) is 2.70. The second kappa shape index (κ2) is 6.40. The molecule has 0 radical (unpaired) electrons. The largest absolute Gasteiger partial charge is 0.327 e. The Morgan fingerprint density at radius 3 is 2.53 bits per heavy atom. The minimum absolute atomic E-state index is 0.00882. The molecule has 0 aliphatic heterocycles. The highest BCUT2D eigenvalue weighted by molar-refractivity contribution is 7.89. The summed E-state index contributed by atoms with van der Waals surface area (Å²) in [6.45, 7) is 3.27. The van der Waals surface area contributed by atoms with E-state index in [1.54, 1.807) is 0 Å². The molecule has 0 aliphatic carbocycles. The topological polar surface area (TPSA) is 72.2 Å². The lowest BCUT2D eigenvalue weighted by molar-refractivity contribution is 0.531. The summed E-state index contributed by atoms with van der Waals surface area (Å²) < 4.78 is 52.8. The number of sulfonamides is 1. The van der Waals surface area contributed by atoms with Crippen LogP contribution < -0.4 is 10.5 Å². The molecule has 0 heterocycles. The molecule has 0 saturated carbocycles. The number of nitrogens with two attached hydrogens (primary N) is 1. The molecule has 19 heavy (non-hydrogen) atoms. The van der Waals surface area contributed by atoms with E-state index >= 15 is 0 Å². The van der Waals surface area contributed by atoms with E-state index in [4.69, 9.17) is 5.73 Å². The van der Waals surface area contributed by atoms with Gasteiger partial charge in [-0.3, -0.25) is 0 Å². The van der Waals surface area contributed by atoms with Gasteiger partial charge in [-0.1, -0.05) is 13.3 Å². The molecule has 1 aromatic rings. The van der Waals surface area contributed by atoms with Gasteiger partial charge in [-0.05, 0) is 31.0 Å². The first-order chi connectivity index (χ1) is 8.77. The van der Waals surface area contributed by atoms with Crippen LogP contribution in [-0.2, 0) is 10.0 Å². The van der Waals surface area contributed by atoms with E-state index in [2.05, 4.69) is 4.72 Å². The maximum atomic E-state index is 13.6. The number of aryl methyl sites for hydroxylation is 1. The Balaban J connectivity index is 2.92. The lowest BCUT2D eigenvalue weighted by atomic mass is 10.2. The van der Waals surface area contributed by atoms with Crippen LogP contribution in [0, 0.1) is 18.6 Å². The predicted molar refractivity (Wildman–Crippen MR) is 69.2 cm³/mol. The molecule has 0 bridgehead atoms. The second-order valence-corrected chi connectivity index (χ2v) is 6.17. The van der Waals surface area contributed by atoms with Gasteiger partial charge in [0, 0.05) is 12.6 Å². The third-order valence-corrected chi connectivity index (χ3v) is 4.14. The molecule has 0 spiro atoms. The van der Waals surface area contributed by atoms with Crippen LogP contribution in [0.4, 0.5) is 8.78 Å². The molecule has 0 fully saturated rings. The minimum atomic E-state index is -4.09. The van der Waals surface area contributed by atoms with Crippen LogP contribution in [0.25, 0.3) is 0 Å². The normalized spacial score (nSPS) is 13.5. The van der Waals surface area contributed by atoms with Crippen LogP contribution in [0.2, 0.25) is 0 Å². The van der Waals surface area contributed by atoms with Gasteiger partial charge in [0.15, 0.2) is 0 Å². The monoisotopic (exact) mass is 292 g/mol. The van der Waals surface area contributed by atoms with E-state index in [1.165, 1.54) is 6.92 Å². The van der Waals surface area contributed by atoms with E-state index in [0.29, 0.717) is 12.5 Å². The van der Waals surface area contributed by atoms with Crippen LogP contribution in [0.15, 0.2) is 17.0 Å². The number of halogens is 2. The molecule has 3 N–H and O–H groups in total. The van der Waals surface area contributed by atoms with Gasteiger partial charge in [-0.25, -0.2) is 21.9 Å². The van der Waals surface area contributed by atoms with Crippen molar-refractivity contribution in [1.29, 1.82) is 0 Å². The van der Waals surface area contributed by atoms with Gasteiger partial charge in [-0.15, -0.1) is 0 Å². The highest BCUT2D eigenvalue weighted by atomic mass is 32.2. The van der Waals surface area contributed by atoms with Crippen LogP contribution in [0.1, 0.15) is 25.3 Å². The SMILES string of the molecule is CCC[C@H](N)CNS(=O)(=O)c1cc(F)c(C)cc1F. The van der Waals surface area contributed by atoms with Gasteiger partial charge in [0.25, 0.3) is 0 Å². The Kier molecular flexibility index (Phi) is 5.39. The van der Waals surface area contributed by atoms with Gasteiger partial charge >= 0.3 is 0 Å². The van der Waals surface area contributed by atoms with Crippen LogP contribution >= 0.6 is 0 Å². The Labute approximate surface area is 112 Å². The quantitative estimate of drug-likeness (QED) is 0.838. The van der Waals surface area contributed by atoms with Crippen molar-refractivity contribution in [2.45, 2.75) is 37.6 Å². The average molecular weight is 292 g/mol. The standard InChI is InChI=1S/C12H18F2N2O2S/c1-3-4-9(15)7-16-19(17,18)12-6-10(13)8(2)5-11(12)14/h5-6,9,16H,3-4,7,15H2,1-2H3/t9-/m0/s1. The molecule has 4 nitrogen and oxygen atoms in total. The molecular weight excluding hydrogens is 274 g/mol. The van der Waals surface area contributed by atoms with Crippen molar-refractivity contribution in [3.63, 3.8) is 0 Å². The number of hydrogen-bond acceptors (Lipinski definition) is 3. The van der Waals surface area contributed by atoms with Gasteiger partial charge in [-0.2, -0.15) is 0 Å². The Morgan fingerprint density at radius 2 is 1.95 bits per heavy atom. The fourth-order valence-corrected chi connectivity index (χ4v) is 2.76. The number of rotatable bonds is 6. The maximum absolute atomic E-state index is 13.6. The second-order valence-electron chi connectivity index (χ2n) is 4.43. The smallest absolute Gasteiger partial charge is 0.243 e. The fourth-order valence-electron chi connectivity index (χ4n) is 1.60. The van der Waals surface area contributed by atoms with Crippen LogP contribution in [-0.4, -0.2) is 21.0 Å². The third kappa shape index (κ3) is 4.22. The summed E-state index contributed by atoms with van der Waals surface area (Å²) in [5, 5.41) is 0. The molecule has 0 saturated heterocycles. The zero-order valence-electron chi connectivity index (χ0n) is 10.9. The summed E-state index contributed by atoms with van der Waals surface area (Å²) in [6.07, 6.45) is 1.46. The Hall–Kier alpha value is -1.05. The minimum Gasteiger partial charge on any atom is -0.327 e. The predicted octanol–water partition coefficient (Wildman–Crippen LogP) is 1.68. The average Bonchev–Trinajstić information content (AvgIpc) is 2.31. The van der Waals surface area contributed by atoms with E-state index in [1.807, 2.05) is 6.92 Å². The molecule has 0 unspecified atom stereocenters. The Bertz CT molecular complexity index is 547. The van der Waals surface area contributed by atoms with Crippen molar-refractivity contribution in [2.75, 3.05) is 6.54 Å². The van der Waals surface area contributed by atoms with Crippen molar-refractivity contribution < 1.29 is 17.2 Å². The number of nitrogens with one attached hydrogen (secondary N) is 1. The molecule has 0 aliphatic rings. The van der Waals surface area contributed by atoms with Gasteiger partial charge < -0.3 is 5.73 Å². The molecule has 7 heteroatoms. The number of hydrogen-bond donors (Lipinski definition) is 2. The first-order valence-corrected chi connectivity index (χ1v) is 7.47. The van der Waals surface area contributed by atoms with Crippen molar-refractivity contribution in [1.82, 2.24) is 4.72 Å². The molecule has 108 valence electrons. The number of benzene rings is 1. The maximum Gasteiger partial charge on any atom is 0.243 e. The fraction of sp³-hybridized carbons (Fsp3) is 0.500. The van der Waals surface area contributed by atoms with Crippen LogP contribution in [0.3, 0.4) is 0 Å². The summed E-state index contributed by atoms with van der Waals surface area (Å²) in [7, 11) is -4.09. The van der Waals surface area contributed by atoms with Gasteiger partial charge in [0.1, 0.15) is 16.5 Å². The van der Waals surface area contributed by atoms with Gasteiger partial charge in [0.2, 0.25) is 10.0 Å². The molecule has 1 atom stereocenters. The molecular formula is C12H18F2N2O2S. The summed E-state index contributed by atoms with van der Waals surface area (Å²) in [5.74, 6) is -1.74. The van der Waals surface area contributed by atoms with E-state index < -0.39 is 26.6 Å². The molecule has 0 amide bonds. The highest BCUT2D eigenvalue weighted by Gasteiger charge is 2.21. The summed E-state index contributed by atoms with van der Waals surface area (Å²) in [5.41, 5.74) is 5.72. The first-order valence-electron chi connectivity index (χ1n) is 5.98. The molecule has 0 aromatic heterocycles. The lowest BCUT2D eigenvalue weighted by Gasteiger charge is -2.13. The molecule has 1 aromatic carbocycles. The molecule has 1 rings (SSSR count). The van der Waals surface area contributed by atoms with Crippen LogP contribution in [0.5, 0.6) is 0 Å². The van der Waals surface area contributed by atoms with E-state index in [9.17, 15) is 17.2 Å². The highest BCUT2D eigenvalue weighted by Crippen LogP contribution is 2.18. The van der Waals surface area contributed by atoms with E-state index in [0.717, 1.165) is 12.5 Å². The van der Waals surface area contributed by atoms with Crippen molar-refractivity contribution >= 4 is 10.0 Å². The van der Waals surface area contributed by atoms with Crippen molar-refractivity contribution in [3.8, 4) is 0 Å². The summed E-state index contributed by atoms with van der Waals surface area (Å²) in [6, 6.07) is 1.19. The zero-order chi connectivity index (χ0) is 14.6.